The maximum Gasteiger partial charge on any atom is 0.233 e. The molecular formula is C27H28N4O3S. The normalized spacial score (nSPS) is 11.7. The molecule has 1 heterocycles. The van der Waals surface area contributed by atoms with Gasteiger partial charge in [0.2, 0.25) is 5.91 Å². The maximum absolute atomic E-state index is 12.9. The number of carbonyl (C=O) groups excluding carboxylic acids is 1. The summed E-state index contributed by atoms with van der Waals surface area (Å²) in [5.74, 6) is 2.19. The Labute approximate surface area is 209 Å². The number of nitrogens with zero attached hydrogens (tertiary/aromatic N) is 3. The molecule has 3 aromatic carbocycles. The summed E-state index contributed by atoms with van der Waals surface area (Å²) in [5.41, 5.74) is 3.98. The summed E-state index contributed by atoms with van der Waals surface area (Å²) in [4.78, 5) is 12.9. The van der Waals surface area contributed by atoms with E-state index < -0.39 is 0 Å². The number of hydrogen-bond donors (Lipinski definition) is 1. The molecule has 1 atom stereocenters. The number of aryl methyl sites for hydroxylation is 1. The number of thioether (sulfide) groups is 1. The Morgan fingerprint density at radius 2 is 1.63 bits per heavy atom. The van der Waals surface area contributed by atoms with E-state index in [1.165, 1.54) is 11.8 Å². The van der Waals surface area contributed by atoms with E-state index in [0.29, 0.717) is 17.5 Å². The molecule has 1 unspecified atom stereocenters. The standard InChI is InChI=1S/C27H28N4O3S/c1-18-6-5-7-21(16-18)25-29-30-27(31(25)22-10-14-24(34-4)15-11-22)35-19(2)26(32)28-17-20-8-12-23(33-3)13-9-20/h5-16,19H,17H2,1-4H3,(H,28,32). The quantitative estimate of drug-likeness (QED) is 0.332. The molecular weight excluding hydrogens is 460 g/mol. The lowest BCUT2D eigenvalue weighted by Gasteiger charge is -2.14. The zero-order valence-corrected chi connectivity index (χ0v) is 21.0. The topological polar surface area (TPSA) is 78.3 Å². The van der Waals surface area contributed by atoms with Gasteiger partial charge >= 0.3 is 0 Å². The lowest BCUT2D eigenvalue weighted by Crippen LogP contribution is -2.30. The van der Waals surface area contributed by atoms with Crippen LogP contribution in [-0.4, -0.2) is 40.1 Å². The van der Waals surface area contributed by atoms with Gasteiger partial charge < -0.3 is 14.8 Å². The van der Waals surface area contributed by atoms with Crippen LogP contribution in [0.4, 0.5) is 0 Å². The van der Waals surface area contributed by atoms with Crippen LogP contribution >= 0.6 is 11.8 Å². The monoisotopic (exact) mass is 488 g/mol. The smallest absolute Gasteiger partial charge is 0.233 e. The Bertz CT molecular complexity index is 1290. The molecule has 0 spiro atoms. The zero-order valence-electron chi connectivity index (χ0n) is 20.2. The Morgan fingerprint density at radius 3 is 2.26 bits per heavy atom. The van der Waals surface area contributed by atoms with Crippen molar-refractivity contribution in [3.63, 3.8) is 0 Å². The summed E-state index contributed by atoms with van der Waals surface area (Å²) in [5, 5.41) is 12.2. The van der Waals surface area contributed by atoms with Crippen LogP contribution in [0.5, 0.6) is 11.5 Å². The second kappa shape index (κ2) is 11.1. The Hall–Kier alpha value is -3.78. The van der Waals surface area contributed by atoms with Crippen LogP contribution in [0.25, 0.3) is 17.1 Å². The molecule has 35 heavy (non-hydrogen) atoms. The molecule has 0 aliphatic carbocycles. The van der Waals surface area contributed by atoms with Crippen molar-refractivity contribution in [2.24, 2.45) is 0 Å². The molecule has 180 valence electrons. The van der Waals surface area contributed by atoms with Crippen LogP contribution < -0.4 is 14.8 Å². The first kappa shape index (κ1) is 24.3. The van der Waals surface area contributed by atoms with Crippen molar-refractivity contribution in [3.8, 4) is 28.6 Å². The molecule has 1 amide bonds. The third-order valence-electron chi connectivity index (χ3n) is 5.52. The molecule has 0 fully saturated rings. The highest BCUT2D eigenvalue weighted by molar-refractivity contribution is 8.00. The first-order valence-corrected chi connectivity index (χ1v) is 12.1. The van der Waals surface area contributed by atoms with Crippen molar-refractivity contribution in [2.45, 2.75) is 30.8 Å². The van der Waals surface area contributed by atoms with Crippen LogP contribution in [0.1, 0.15) is 18.1 Å². The number of amides is 1. The van der Waals surface area contributed by atoms with Crippen LogP contribution in [0.3, 0.4) is 0 Å². The molecule has 4 rings (SSSR count). The number of carbonyl (C=O) groups is 1. The highest BCUT2D eigenvalue weighted by Crippen LogP contribution is 2.31. The van der Waals surface area contributed by atoms with Gasteiger partial charge in [-0.2, -0.15) is 0 Å². The molecule has 0 aliphatic heterocycles. The van der Waals surface area contributed by atoms with Crippen molar-refractivity contribution in [1.29, 1.82) is 0 Å². The Kier molecular flexibility index (Phi) is 7.72. The lowest BCUT2D eigenvalue weighted by atomic mass is 10.1. The molecule has 0 radical (unpaired) electrons. The minimum atomic E-state index is -0.375. The predicted octanol–water partition coefficient (Wildman–Crippen LogP) is 5.06. The third kappa shape index (κ3) is 5.84. The molecule has 4 aromatic rings. The first-order chi connectivity index (χ1) is 17.0. The fourth-order valence-electron chi connectivity index (χ4n) is 3.57. The van der Waals surface area contributed by atoms with Gasteiger partial charge in [0.05, 0.1) is 19.5 Å². The van der Waals surface area contributed by atoms with E-state index >= 15 is 0 Å². The van der Waals surface area contributed by atoms with Crippen LogP contribution in [-0.2, 0) is 11.3 Å². The van der Waals surface area contributed by atoms with Crippen molar-refractivity contribution in [3.05, 3.63) is 83.9 Å². The van der Waals surface area contributed by atoms with Gasteiger partial charge in [0.15, 0.2) is 11.0 Å². The SMILES string of the molecule is COc1ccc(CNC(=O)C(C)Sc2nnc(-c3cccc(C)c3)n2-c2ccc(OC)cc2)cc1. The number of rotatable bonds is 9. The highest BCUT2D eigenvalue weighted by atomic mass is 32.2. The van der Waals surface area contributed by atoms with E-state index in [0.717, 1.165) is 33.9 Å². The van der Waals surface area contributed by atoms with Gasteiger partial charge in [-0.05, 0) is 61.9 Å². The van der Waals surface area contributed by atoms with Gasteiger partial charge in [0, 0.05) is 17.8 Å². The molecule has 1 N–H and O–H groups in total. The van der Waals surface area contributed by atoms with Crippen LogP contribution in [0.2, 0.25) is 0 Å². The van der Waals surface area contributed by atoms with Gasteiger partial charge in [0.1, 0.15) is 11.5 Å². The van der Waals surface area contributed by atoms with E-state index in [1.54, 1.807) is 14.2 Å². The second-order valence-corrected chi connectivity index (χ2v) is 9.34. The minimum Gasteiger partial charge on any atom is -0.497 e. The average Bonchev–Trinajstić information content (AvgIpc) is 3.31. The molecule has 0 saturated heterocycles. The van der Waals surface area contributed by atoms with E-state index in [1.807, 2.05) is 85.1 Å². The lowest BCUT2D eigenvalue weighted by molar-refractivity contribution is -0.120. The summed E-state index contributed by atoms with van der Waals surface area (Å²) in [6.07, 6.45) is 0. The summed E-state index contributed by atoms with van der Waals surface area (Å²) in [6, 6.07) is 23.5. The second-order valence-electron chi connectivity index (χ2n) is 8.04. The Morgan fingerprint density at radius 1 is 0.971 bits per heavy atom. The van der Waals surface area contributed by atoms with E-state index in [4.69, 9.17) is 9.47 Å². The van der Waals surface area contributed by atoms with Crippen molar-refractivity contribution < 1.29 is 14.3 Å². The van der Waals surface area contributed by atoms with E-state index in [-0.39, 0.29) is 11.2 Å². The number of hydrogen-bond acceptors (Lipinski definition) is 6. The number of methoxy groups -OCH3 is 2. The van der Waals surface area contributed by atoms with E-state index in [2.05, 4.69) is 21.6 Å². The number of aromatic nitrogens is 3. The van der Waals surface area contributed by atoms with Crippen LogP contribution in [0.15, 0.2) is 78.0 Å². The van der Waals surface area contributed by atoms with Gasteiger partial charge in [-0.25, -0.2) is 0 Å². The van der Waals surface area contributed by atoms with E-state index in [9.17, 15) is 4.79 Å². The van der Waals surface area contributed by atoms with Crippen molar-refractivity contribution in [2.75, 3.05) is 14.2 Å². The summed E-state index contributed by atoms with van der Waals surface area (Å²) in [7, 11) is 3.27. The van der Waals surface area contributed by atoms with Gasteiger partial charge in [-0.1, -0.05) is 47.7 Å². The number of benzene rings is 3. The molecule has 0 bridgehead atoms. The maximum atomic E-state index is 12.9. The highest BCUT2D eigenvalue weighted by Gasteiger charge is 2.22. The van der Waals surface area contributed by atoms with Gasteiger partial charge in [-0.15, -0.1) is 10.2 Å². The number of nitrogens with one attached hydrogen (secondary N) is 1. The molecule has 1 aromatic heterocycles. The minimum absolute atomic E-state index is 0.0767. The molecule has 0 saturated carbocycles. The molecule has 7 nitrogen and oxygen atoms in total. The summed E-state index contributed by atoms with van der Waals surface area (Å²) >= 11 is 1.37. The first-order valence-electron chi connectivity index (χ1n) is 11.2. The van der Waals surface area contributed by atoms with Crippen LogP contribution in [0, 0.1) is 6.92 Å². The largest absolute Gasteiger partial charge is 0.497 e. The summed E-state index contributed by atoms with van der Waals surface area (Å²) in [6.45, 7) is 4.35. The van der Waals surface area contributed by atoms with Crippen molar-refractivity contribution in [1.82, 2.24) is 20.1 Å². The van der Waals surface area contributed by atoms with Crippen molar-refractivity contribution >= 4 is 17.7 Å². The Balaban J connectivity index is 1.56. The van der Waals surface area contributed by atoms with Gasteiger partial charge in [-0.3, -0.25) is 9.36 Å². The zero-order chi connectivity index (χ0) is 24.8. The predicted molar refractivity (Wildman–Crippen MR) is 138 cm³/mol. The fraction of sp³-hybridized carbons (Fsp3) is 0.222. The average molecular weight is 489 g/mol. The van der Waals surface area contributed by atoms with Gasteiger partial charge in [0.25, 0.3) is 0 Å². The third-order valence-corrected chi connectivity index (χ3v) is 6.56. The summed E-state index contributed by atoms with van der Waals surface area (Å²) < 4.78 is 12.5. The fourth-order valence-corrected chi connectivity index (χ4v) is 4.46. The molecule has 0 aliphatic rings. The number of ether oxygens (including phenoxy) is 2. The molecule has 8 heteroatoms.